The van der Waals surface area contributed by atoms with Crippen LogP contribution in [-0.4, -0.2) is 26.9 Å². The predicted molar refractivity (Wildman–Crippen MR) is 59.4 cm³/mol. The summed E-state index contributed by atoms with van der Waals surface area (Å²) in [6, 6.07) is 7.23. The number of benzene rings is 1. The van der Waals surface area contributed by atoms with Gasteiger partial charge in [0.25, 0.3) is 0 Å². The summed E-state index contributed by atoms with van der Waals surface area (Å²) >= 11 is 0. The van der Waals surface area contributed by atoms with Gasteiger partial charge in [0.05, 0.1) is 5.52 Å². The molecular weight excluding hydrogens is 206 g/mol. The van der Waals surface area contributed by atoms with Crippen molar-refractivity contribution in [2.24, 2.45) is 0 Å². The van der Waals surface area contributed by atoms with E-state index in [4.69, 9.17) is 5.11 Å². The second kappa shape index (κ2) is 3.23. The van der Waals surface area contributed by atoms with E-state index in [0.29, 0.717) is 13.0 Å². The van der Waals surface area contributed by atoms with Gasteiger partial charge in [-0.3, -0.25) is 0 Å². The number of rotatable bonds is 1. The van der Waals surface area contributed by atoms with Gasteiger partial charge in [-0.05, 0) is 18.6 Å². The van der Waals surface area contributed by atoms with Crippen LogP contribution in [0.25, 0.3) is 10.9 Å². The Bertz CT molecular complexity index is 561. The summed E-state index contributed by atoms with van der Waals surface area (Å²) in [5.41, 5.74) is 0.899. The average Bonchev–Trinajstić information content (AvgIpc) is 2.66. The van der Waals surface area contributed by atoms with Crippen LogP contribution < -0.4 is 5.32 Å². The van der Waals surface area contributed by atoms with Crippen molar-refractivity contribution in [3.05, 3.63) is 24.3 Å². The number of nitrogens with zero attached hydrogens (tertiary/aromatic N) is 2. The number of nitrogens with one attached hydrogen (secondary N) is 1. The van der Waals surface area contributed by atoms with Crippen molar-refractivity contribution in [2.45, 2.75) is 19.0 Å². The van der Waals surface area contributed by atoms with Crippen LogP contribution in [0.4, 0.5) is 5.82 Å². The van der Waals surface area contributed by atoms with E-state index < -0.39 is 12.0 Å². The molecule has 3 rings (SSSR count). The first-order valence-corrected chi connectivity index (χ1v) is 5.20. The van der Waals surface area contributed by atoms with Gasteiger partial charge >= 0.3 is 5.97 Å². The van der Waals surface area contributed by atoms with E-state index in [-0.39, 0.29) is 0 Å². The molecule has 0 aliphatic carbocycles. The zero-order valence-corrected chi connectivity index (χ0v) is 8.55. The summed E-state index contributed by atoms with van der Waals surface area (Å²) in [5, 5.41) is 17.4. The molecule has 1 aliphatic rings. The zero-order chi connectivity index (χ0) is 11.1. The van der Waals surface area contributed by atoms with Crippen molar-refractivity contribution in [2.75, 3.05) is 5.32 Å². The highest BCUT2D eigenvalue weighted by molar-refractivity contribution is 5.92. The Kier molecular flexibility index (Phi) is 1.86. The van der Waals surface area contributed by atoms with Crippen molar-refractivity contribution < 1.29 is 9.90 Å². The third-order valence-corrected chi connectivity index (χ3v) is 2.88. The van der Waals surface area contributed by atoms with E-state index >= 15 is 0 Å². The minimum Gasteiger partial charge on any atom is -0.480 e. The summed E-state index contributed by atoms with van der Waals surface area (Å²) < 4.78 is 1.84. The molecule has 2 heterocycles. The standard InChI is InChI=1S/C11H11N3O2/c15-11(16)9-5-6-14-10(12-9)7-3-1-2-4-8(7)13-14/h1-4,9,12H,5-6H2,(H,15,16). The van der Waals surface area contributed by atoms with Crippen LogP contribution in [0.3, 0.4) is 0 Å². The molecule has 82 valence electrons. The van der Waals surface area contributed by atoms with Gasteiger partial charge in [-0.15, -0.1) is 0 Å². The fourth-order valence-corrected chi connectivity index (χ4v) is 2.07. The van der Waals surface area contributed by atoms with Crippen molar-refractivity contribution in [3.8, 4) is 0 Å². The number of aromatic nitrogens is 2. The number of hydrogen-bond acceptors (Lipinski definition) is 3. The number of carboxylic acid groups (broad SMARTS) is 1. The maximum absolute atomic E-state index is 10.9. The number of aliphatic carboxylic acids is 1. The number of carbonyl (C=O) groups is 1. The summed E-state index contributed by atoms with van der Waals surface area (Å²) in [6.07, 6.45) is 0.566. The first-order valence-electron chi connectivity index (χ1n) is 5.20. The Balaban J connectivity index is 2.11. The summed E-state index contributed by atoms with van der Waals surface area (Å²) in [6.45, 7) is 0.647. The van der Waals surface area contributed by atoms with Gasteiger partial charge in [0, 0.05) is 11.9 Å². The Hall–Kier alpha value is -2.04. The number of hydrogen-bond donors (Lipinski definition) is 2. The van der Waals surface area contributed by atoms with E-state index in [9.17, 15) is 4.79 Å². The molecule has 2 aromatic rings. The molecule has 0 amide bonds. The van der Waals surface area contributed by atoms with Gasteiger partial charge in [-0.25, -0.2) is 9.48 Å². The minimum absolute atomic E-state index is 0.507. The summed E-state index contributed by atoms with van der Waals surface area (Å²) in [4.78, 5) is 10.9. The number of fused-ring (bicyclic) bond motifs is 3. The van der Waals surface area contributed by atoms with Crippen LogP contribution in [0, 0.1) is 0 Å². The topological polar surface area (TPSA) is 67.1 Å². The number of aryl methyl sites for hydroxylation is 1. The maximum atomic E-state index is 10.9. The Labute approximate surface area is 91.7 Å². The van der Waals surface area contributed by atoms with Gasteiger partial charge in [0.15, 0.2) is 0 Å². The molecule has 0 fully saturated rings. The normalized spacial score (nSPS) is 19.1. The summed E-state index contributed by atoms with van der Waals surface area (Å²) in [7, 11) is 0. The second-order valence-corrected chi connectivity index (χ2v) is 3.91. The smallest absolute Gasteiger partial charge is 0.326 e. The lowest BCUT2D eigenvalue weighted by molar-refractivity contribution is -0.138. The molecule has 1 unspecified atom stereocenters. The molecule has 0 spiro atoms. The molecule has 1 aromatic carbocycles. The first kappa shape index (κ1) is 9.21. The minimum atomic E-state index is -0.809. The molecule has 16 heavy (non-hydrogen) atoms. The molecule has 1 aromatic heterocycles. The number of anilines is 1. The third-order valence-electron chi connectivity index (χ3n) is 2.88. The second-order valence-electron chi connectivity index (χ2n) is 3.91. The van der Waals surface area contributed by atoms with Crippen LogP contribution in [0.15, 0.2) is 24.3 Å². The van der Waals surface area contributed by atoms with Crippen molar-refractivity contribution in [3.63, 3.8) is 0 Å². The van der Waals surface area contributed by atoms with Gasteiger partial charge in [0.1, 0.15) is 11.9 Å². The Morgan fingerprint density at radius 1 is 1.50 bits per heavy atom. The van der Waals surface area contributed by atoms with E-state index in [1.54, 1.807) is 0 Å². The fraction of sp³-hybridized carbons (Fsp3) is 0.273. The predicted octanol–water partition coefficient (Wildman–Crippen LogP) is 1.31. The quantitative estimate of drug-likeness (QED) is 0.755. The van der Waals surface area contributed by atoms with Crippen LogP contribution in [0.2, 0.25) is 0 Å². The molecule has 0 bridgehead atoms. The molecule has 2 N–H and O–H groups in total. The number of carboxylic acids is 1. The molecule has 1 aliphatic heterocycles. The third kappa shape index (κ3) is 1.25. The first-order chi connectivity index (χ1) is 7.75. The van der Waals surface area contributed by atoms with Crippen molar-refractivity contribution in [1.29, 1.82) is 0 Å². The van der Waals surface area contributed by atoms with Crippen LogP contribution in [0.1, 0.15) is 6.42 Å². The molecule has 0 saturated carbocycles. The maximum Gasteiger partial charge on any atom is 0.326 e. The van der Waals surface area contributed by atoms with Crippen LogP contribution in [0.5, 0.6) is 0 Å². The van der Waals surface area contributed by atoms with Gasteiger partial charge in [-0.1, -0.05) is 12.1 Å². The van der Waals surface area contributed by atoms with E-state index in [1.807, 2.05) is 28.9 Å². The molecule has 5 nitrogen and oxygen atoms in total. The summed E-state index contributed by atoms with van der Waals surface area (Å²) in [5.74, 6) is 0.00535. The molecule has 0 saturated heterocycles. The highest BCUT2D eigenvalue weighted by Crippen LogP contribution is 2.27. The fourth-order valence-electron chi connectivity index (χ4n) is 2.07. The van der Waals surface area contributed by atoms with E-state index in [2.05, 4.69) is 10.4 Å². The molecule has 5 heteroatoms. The lowest BCUT2D eigenvalue weighted by Crippen LogP contribution is -2.35. The lowest BCUT2D eigenvalue weighted by atomic mass is 10.1. The van der Waals surface area contributed by atoms with Gasteiger partial charge in [0.2, 0.25) is 0 Å². The van der Waals surface area contributed by atoms with Crippen LogP contribution in [-0.2, 0) is 11.3 Å². The highest BCUT2D eigenvalue weighted by Gasteiger charge is 2.25. The van der Waals surface area contributed by atoms with Crippen molar-refractivity contribution in [1.82, 2.24) is 9.78 Å². The zero-order valence-electron chi connectivity index (χ0n) is 8.55. The van der Waals surface area contributed by atoms with Gasteiger partial charge in [-0.2, -0.15) is 5.10 Å². The highest BCUT2D eigenvalue weighted by atomic mass is 16.4. The van der Waals surface area contributed by atoms with Crippen molar-refractivity contribution >= 4 is 22.7 Å². The Morgan fingerprint density at radius 2 is 2.31 bits per heavy atom. The largest absolute Gasteiger partial charge is 0.480 e. The van der Waals surface area contributed by atoms with E-state index in [0.717, 1.165) is 16.7 Å². The SMILES string of the molecule is O=C(O)C1CCn2nc3ccccc3c2N1. The average molecular weight is 217 g/mol. The molecule has 0 radical (unpaired) electrons. The monoisotopic (exact) mass is 217 g/mol. The lowest BCUT2D eigenvalue weighted by Gasteiger charge is -2.22. The van der Waals surface area contributed by atoms with E-state index in [1.165, 1.54) is 0 Å². The Morgan fingerprint density at radius 3 is 3.12 bits per heavy atom. The molecule has 1 atom stereocenters. The molecular formula is C11H11N3O2. The van der Waals surface area contributed by atoms with Gasteiger partial charge < -0.3 is 10.4 Å². The van der Waals surface area contributed by atoms with Crippen LogP contribution >= 0.6 is 0 Å².